The van der Waals surface area contributed by atoms with Crippen molar-refractivity contribution in [2.45, 2.75) is 43.9 Å². The van der Waals surface area contributed by atoms with Crippen molar-refractivity contribution in [3.05, 3.63) is 111 Å². The lowest BCUT2D eigenvalue weighted by Gasteiger charge is -2.41. The summed E-state index contributed by atoms with van der Waals surface area (Å²) in [6, 6.07) is 17.5. The van der Waals surface area contributed by atoms with Gasteiger partial charge in [0.15, 0.2) is 18.4 Å². The Labute approximate surface area is 281 Å². The van der Waals surface area contributed by atoms with E-state index in [1.165, 1.54) is 21.5 Å². The molecule has 3 aromatic carbocycles. The van der Waals surface area contributed by atoms with Crippen LogP contribution in [-0.4, -0.2) is 65.9 Å². The van der Waals surface area contributed by atoms with Crippen molar-refractivity contribution in [2.24, 2.45) is 0 Å². The van der Waals surface area contributed by atoms with Gasteiger partial charge in [-0.3, -0.25) is 0 Å². The highest BCUT2D eigenvalue weighted by Crippen LogP contribution is 2.48. The number of carbonyl (C=O) groups is 1. The minimum Gasteiger partial charge on any atom is -0.480 e. The van der Waals surface area contributed by atoms with Crippen molar-refractivity contribution in [1.29, 1.82) is 0 Å². The number of aliphatic carboxylic acids is 1. The highest BCUT2D eigenvalue weighted by Gasteiger charge is 2.56. The molecule has 0 bridgehead atoms. The van der Waals surface area contributed by atoms with Gasteiger partial charge in [0.2, 0.25) is 0 Å². The molecule has 16 heteroatoms. The van der Waals surface area contributed by atoms with Gasteiger partial charge in [0.05, 0.1) is 21.9 Å². The van der Waals surface area contributed by atoms with Crippen LogP contribution in [0.4, 0.5) is 4.39 Å². The van der Waals surface area contributed by atoms with Gasteiger partial charge >= 0.3 is 5.97 Å². The molecule has 5 aromatic rings. The third-order valence-corrected chi connectivity index (χ3v) is 8.55. The zero-order valence-corrected chi connectivity index (χ0v) is 26.6. The van der Waals surface area contributed by atoms with Crippen LogP contribution >= 0.6 is 34.8 Å². The average Bonchev–Trinajstić information content (AvgIpc) is 3.81. The number of carboxylic acids is 1. The average molecular weight is 702 g/mol. The van der Waals surface area contributed by atoms with Gasteiger partial charge in [-0.1, -0.05) is 76.4 Å². The molecular formula is C31H24Cl3FN6O6. The van der Waals surface area contributed by atoms with Crippen molar-refractivity contribution in [1.82, 2.24) is 29.8 Å². The molecule has 47 heavy (non-hydrogen) atoms. The van der Waals surface area contributed by atoms with Crippen LogP contribution in [0.3, 0.4) is 0 Å². The maximum atomic E-state index is 14.4. The molecule has 2 saturated heterocycles. The lowest BCUT2D eigenvalue weighted by atomic mass is 9.95. The first-order chi connectivity index (χ1) is 22.7. The molecule has 2 aliphatic heterocycles. The summed E-state index contributed by atoms with van der Waals surface area (Å²) < 4.78 is 42.6. The van der Waals surface area contributed by atoms with Crippen LogP contribution in [0, 0.1) is 12.7 Å². The second-order valence-electron chi connectivity index (χ2n) is 10.8. The molecule has 6 atom stereocenters. The molecule has 6 unspecified atom stereocenters. The molecule has 12 nitrogen and oxygen atoms in total. The number of halogens is 4. The van der Waals surface area contributed by atoms with Crippen molar-refractivity contribution in [3.8, 4) is 16.9 Å². The maximum absolute atomic E-state index is 14.4. The predicted octanol–water partition coefficient (Wildman–Crippen LogP) is 6.16. The minimum atomic E-state index is -1.22. The fourth-order valence-electron chi connectivity index (χ4n) is 5.66. The van der Waals surface area contributed by atoms with Gasteiger partial charge in [-0.15, -0.1) is 5.10 Å². The summed E-state index contributed by atoms with van der Waals surface area (Å²) in [5, 5.41) is 23.5. The van der Waals surface area contributed by atoms with Crippen molar-refractivity contribution >= 4 is 40.8 Å². The first-order valence-electron chi connectivity index (χ1n) is 14.3. The molecule has 0 amide bonds. The van der Waals surface area contributed by atoms with Crippen molar-refractivity contribution in [3.63, 3.8) is 0 Å². The van der Waals surface area contributed by atoms with E-state index in [2.05, 4.69) is 20.4 Å². The van der Waals surface area contributed by atoms with Gasteiger partial charge in [0, 0.05) is 16.1 Å². The molecule has 0 radical (unpaired) electrons. The van der Waals surface area contributed by atoms with Crippen LogP contribution in [-0.2, 0) is 23.7 Å². The van der Waals surface area contributed by atoms with Crippen LogP contribution in [0.2, 0.25) is 15.1 Å². The summed E-state index contributed by atoms with van der Waals surface area (Å²) in [5.74, 6) is -1.24. The SMILES string of the molecule is Cc1nc(C2OC3OC(c4ccccc4)OC3C(n3cc(-c4ccc(Cl)c(F)c4)nn3)C2OCC(=O)O)n(-c2cc(Cl)ccc2Cl)n1. The molecule has 2 aliphatic rings. The van der Waals surface area contributed by atoms with E-state index in [9.17, 15) is 14.3 Å². The Morgan fingerprint density at radius 3 is 2.57 bits per heavy atom. The normalized spacial score (nSPS) is 23.9. The van der Waals surface area contributed by atoms with Gasteiger partial charge in [-0.05, 0) is 37.3 Å². The fourth-order valence-corrected chi connectivity index (χ4v) is 6.14. The highest BCUT2D eigenvalue weighted by molar-refractivity contribution is 6.34. The predicted molar refractivity (Wildman–Crippen MR) is 166 cm³/mol. The number of benzene rings is 3. The Hall–Kier alpha value is -3.95. The molecule has 0 saturated carbocycles. The zero-order chi connectivity index (χ0) is 32.8. The molecular weight excluding hydrogens is 678 g/mol. The largest absolute Gasteiger partial charge is 0.480 e. The van der Waals surface area contributed by atoms with Crippen LogP contribution < -0.4 is 0 Å². The molecule has 7 rings (SSSR count). The molecule has 4 heterocycles. The van der Waals surface area contributed by atoms with E-state index in [0.29, 0.717) is 32.8 Å². The summed E-state index contributed by atoms with van der Waals surface area (Å²) in [4.78, 5) is 16.5. The lowest BCUT2D eigenvalue weighted by molar-refractivity contribution is -0.246. The number of aromatic nitrogens is 6. The topological polar surface area (TPSA) is 136 Å². The van der Waals surface area contributed by atoms with E-state index in [4.69, 9.17) is 53.8 Å². The lowest BCUT2D eigenvalue weighted by Crippen LogP contribution is -2.52. The summed E-state index contributed by atoms with van der Waals surface area (Å²) in [6.45, 7) is 0.987. The van der Waals surface area contributed by atoms with E-state index in [1.54, 1.807) is 37.4 Å². The number of fused-ring (bicyclic) bond motifs is 1. The Morgan fingerprint density at radius 1 is 1.02 bits per heavy atom. The molecule has 2 fully saturated rings. The highest BCUT2D eigenvalue weighted by atomic mass is 35.5. The Morgan fingerprint density at radius 2 is 1.81 bits per heavy atom. The van der Waals surface area contributed by atoms with E-state index >= 15 is 0 Å². The van der Waals surface area contributed by atoms with Gasteiger partial charge in [0.1, 0.15) is 48.3 Å². The van der Waals surface area contributed by atoms with Gasteiger partial charge in [0.25, 0.3) is 0 Å². The Kier molecular flexibility index (Phi) is 8.70. The van der Waals surface area contributed by atoms with Crippen LogP contribution in [0.1, 0.15) is 35.6 Å². The molecule has 242 valence electrons. The standard InChI is InChI=1S/C31H24Cl3FN6O6/c1-15-36-29(41(38-15)23-12-18(32)8-10-20(23)34)28-26(44-14-24(42)43)25(27-31(46-28)47-30(45-27)16-5-3-2-4-6-16)40-13-22(37-39-40)17-7-9-19(33)21(35)11-17/h2-13,25-28,30-31H,14H2,1H3,(H,42,43). The molecule has 0 spiro atoms. The minimum absolute atomic E-state index is 0.0407. The van der Waals surface area contributed by atoms with Gasteiger partial charge < -0.3 is 24.1 Å². The summed E-state index contributed by atoms with van der Waals surface area (Å²) in [7, 11) is 0. The number of nitrogens with zero attached hydrogens (tertiary/aromatic N) is 6. The van der Waals surface area contributed by atoms with E-state index in [0.717, 1.165) is 5.56 Å². The number of carboxylic acid groups (broad SMARTS) is 1. The number of hydrogen-bond acceptors (Lipinski definition) is 9. The number of aryl methyl sites for hydroxylation is 1. The second kappa shape index (κ2) is 12.9. The molecule has 1 N–H and O–H groups in total. The fraction of sp³-hybridized carbons (Fsp3) is 0.258. The van der Waals surface area contributed by atoms with E-state index in [-0.39, 0.29) is 10.8 Å². The summed E-state index contributed by atoms with van der Waals surface area (Å²) >= 11 is 18.8. The molecule has 2 aromatic heterocycles. The quantitative estimate of drug-likeness (QED) is 0.201. The Bertz CT molecular complexity index is 1940. The third kappa shape index (κ3) is 6.23. The monoisotopic (exact) mass is 700 g/mol. The van der Waals surface area contributed by atoms with Crippen molar-refractivity contribution in [2.75, 3.05) is 6.61 Å². The smallest absolute Gasteiger partial charge is 0.329 e. The zero-order valence-electron chi connectivity index (χ0n) is 24.3. The maximum Gasteiger partial charge on any atom is 0.329 e. The van der Waals surface area contributed by atoms with Crippen molar-refractivity contribution < 1.29 is 33.2 Å². The number of rotatable bonds is 8. The summed E-state index contributed by atoms with van der Waals surface area (Å²) in [6.07, 6.45) is -3.37. The van der Waals surface area contributed by atoms with E-state index < -0.39 is 55.3 Å². The van der Waals surface area contributed by atoms with Crippen LogP contribution in [0.15, 0.2) is 72.9 Å². The van der Waals surface area contributed by atoms with Crippen LogP contribution in [0.5, 0.6) is 0 Å². The van der Waals surface area contributed by atoms with Crippen LogP contribution in [0.25, 0.3) is 16.9 Å². The number of hydrogen-bond donors (Lipinski definition) is 1. The third-order valence-electron chi connectivity index (χ3n) is 7.69. The van der Waals surface area contributed by atoms with E-state index in [1.807, 2.05) is 30.3 Å². The summed E-state index contributed by atoms with van der Waals surface area (Å²) in [5.41, 5.74) is 1.87. The van der Waals surface area contributed by atoms with Gasteiger partial charge in [-0.25, -0.2) is 23.5 Å². The number of ether oxygens (including phenoxy) is 4. The first kappa shape index (κ1) is 31.6. The molecule has 0 aliphatic carbocycles. The van der Waals surface area contributed by atoms with Gasteiger partial charge in [-0.2, -0.15) is 5.10 Å². The Balaban J connectivity index is 1.36. The second-order valence-corrected chi connectivity index (χ2v) is 12.1. The first-order valence-corrected chi connectivity index (χ1v) is 15.4.